The maximum atomic E-state index is 11.8. The van der Waals surface area contributed by atoms with Crippen molar-refractivity contribution in [3.63, 3.8) is 0 Å². The molecule has 0 radical (unpaired) electrons. The molecule has 1 aliphatic heterocycles. The van der Waals surface area contributed by atoms with Gasteiger partial charge in [0, 0.05) is 19.1 Å². The van der Waals surface area contributed by atoms with Crippen molar-refractivity contribution >= 4 is 5.97 Å². The van der Waals surface area contributed by atoms with Gasteiger partial charge in [-0.1, -0.05) is 0 Å². The van der Waals surface area contributed by atoms with Gasteiger partial charge >= 0.3 is 5.97 Å². The van der Waals surface area contributed by atoms with Crippen LogP contribution in [0.25, 0.3) is 0 Å². The molecule has 3 rings (SSSR count). The average Bonchev–Trinajstić information content (AvgIpc) is 3.17. The molecule has 0 atom stereocenters. The fraction of sp³-hybridized carbons (Fsp3) is 0.923. The van der Waals surface area contributed by atoms with E-state index in [0.29, 0.717) is 0 Å². The van der Waals surface area contributed by atoms with Gasteiger partial charge in [0.15, 0.2) is 0 Å². The molecule has 2 saturated carbocycles. The van der Waals surface area contributed by atoms with Gasteiger partial charge in [-0.05, 0) is 38.5 Å². The Bertz CT molecular complexity index is 326. The predicted molar refractivity (Wildman–Crippen MR) is 62.5 cm³/mol. The minimum atomic E-state index is -0.814. The van der Waals surface area contributed by atoms with Crippen molar-refractivity contribution in [2.24, 2.45) is 5.41 Å². The molecule has 17 heavy (non-hydrogen) atoms. The lowest BCUT2D eigenvalue weighted by Gasteiger charge is -2.42. The number of piperidine rings is 1. The molecule has 96 valence electrons. The molecule has 4 nitrogen and oxygen atoms in total. The van der Waals surface area contributed by atoms with E-state index in [1.807, 2.05) is 0 Å². The standard InChI is InChI=1S/C13H21NO3/c1-17-11(15)12(4-5-12)13(16)6-8-14(9-7-13)10-2-3-10/h10,16H,2-9H2,1H3. The van der Waals surface area contributed by atoms with Crippen LogP contribution in [0.4, 0.5) is 0 Å². The fourth-order valence-electron chi connectivity index (χ4n) is 3.36. The summed E-state index contributed by atoms with van der Waals surface area (Å²) in [5.41, 5.74) is -1.39. The van der Waals surface area contributed by atoms with Gasteiger partial charge in [-0.25, -0.2) is 0 Å². The summed E-state index contributed by atoms with van der Waals surface area (Å²) in [4.78, 5) is 14.3. The van der Waals surface area contributed by atoms with Crippen molar-refractivity contribution in [1.82, 2.24) is 4.90 Å². The van der Waals surface area contributed by atoms with Gasteiger partial charge in [0.1, 0.15) is 0 Å². The average molecular weight is 239 g/mol. The van der Waals surface area contributed by atoms with Gasteiger partial charge in [0.25, 0.3) is 0 Å². The second-order valence-corrected chi connectivity index (χ2v) is 5.87. The zero-order valence-corrected chi connectivity index (χ0v) is 10.4. The molecule has 1 saturated heterocycles. The Morgan fingerprint density at radius 1 is 1.24 bits per heavy atom. The number of rotatable bonds is 3. The summed E-state index contributed by atoms with van der Waals surface area (Å²) >= 11 is 0. The van der Waals surface area contributed by atoms with Gasteiger partial charge < -0.3 is 14.7 Å². The van der Waals surface area contributed by atoms with Gasteiger partial charge in [-0.15, -0.1) is 0 Å². The minimum Gasteiger partial charge on any atom is -0.469 e. The minimum absolute atomic E-state index is 0.208. The first-order valence-corrected chi connectivity index (χ1v) is 6.66. The highest BCUT2D eigenvalue weighted by Crippen LogP contribution is 2.58. The molecule has 0 aromatic heterocycles. The quantitative estimate of drug-likeness (QED) is 0.744. The van der Waals surface area contributed by atoms with Crippen molar-refractivity contribution in [3.8, 4) is 0 Å². The third-order valence-corrected chi connectivity index (χ3v) is 4.91. The highest BCUT2D eigenvalue weighted by molar-refractivity contribution is 5.81. The van der Waals surface area contributed by atoms with Crippen molar-refractivity contribution in [1.29, 1.82) is 0 Å². The van der Waals surface area contributed by atoms with Crippen LogP contribution in [-0.2, 0) is 9.53 Å². The monoisotopic (exact) mass is 239 g/mol. The third-order valence-electron chi connectivity index (χ3n) is 4.91. The zero-order valence-electron chi connectivity index (χ0n) is 10.4. The normalized spacial score (nSPS) is 30.9. The van der Waals surface area contributed by atoms with Crippen molar-refractivity contribution in [3.05, 3.63) is 0 Å². The van der Waals surface area contributed by atoms with E-state index < -0.39 is 11.0 Å². The number of carbonyl (C=O) groups is 1. The van der Waals surface area contributed by atoms with Crippen molar-refractivity contribution in [2.75, 3.05) is 20.2 Å². The molecule has 2 aliphatic carbocycles. The fourth-order valence-corrected chi connectivity index (χ4v) is 3.36. The summed E-state index contributed by atoms with van der Waals surface area (Å²) in [5.74, 6) is -0.208. The number of hydrogen-bond donors (Lipinski definition) is 1. The molecule has 0 aromatic rings. The van der Waals surface area contributed by atoms with E-state index in [-0.39, 0.29) is 5.97 Å². The number of esters is 1. The number of carbonyl (C=O) groups excluding carboxylic acids is 1. The first kappa shape index (κ1) is 11.5. The summed E-state index contributed by atoms with van der Waals surface area (Å²) in [5, 5.41) is 10.8. The predicted octanol–water partition coefficient (Wildman–Crippen LogP) is 0.929. The van der Waals surface area contributed by atoms with Crippen LogP contribution < -0.4 is 0 Å². The van der Waals surface area contributed by atoms with Crippen LogP contribution >= 0.6 is 0 Å². The number of ether oxygens (including phenoxy) is 1. The number of aliphatic hydroxyl groups is 1. The molecule has 3 aliphatic rings. The van der Waals surface area contributed by atoms with Crippen LogP contribution in [0.15, 0.2) is 0 Å². The topological polar surface area (TPSA) is 49.8 Å². The molecule has 0 unspecified atom stereocenters. The van der Waals surface area contributed by atoms with E-state index in [0.717, 1.165) is 44.8 Å². The van der Waals surface area contributed by atoms with E-state index >= 15 is 0 Å². The summed E-state index contributed by atoms with van der Waals surface area (Å²) in [7, 11) is 1.42. The molecule has 0 amide bonds. The molecule has 1 N–H and O–H groups in total. The van der Waals surface area contributed by atoms with Crippen LogP contribution in [-0.4, -0.2) is 47.8 Å². The lowest BCUT2D eigenvalue weighted by atomic mass is 9.76. The molecule has 0 spiro atoms. The maximum Gasteiger partial charge on any atom is 0.314 e. The summed E-state index contributed by atoms with van der Waals surface area (Å²) in [6, 6.07) is 0.757. The summed E-state index contributed by atoms with van der Waals surface area (Å²) in [6.07, 6.45) is 5.64. The summed E-state index contributed by atoms with van der Waals surface area (Å²) < 4.78 is 4.87. The van der Waals surface area contributed by atoms with Gasteiger partial charge in [-0.2, -0.15) is 0 Å². The van der Waals surface area contributed by atoms with Gasteiger partial charge in [-0.3, -0.25) is 4.79 Å². The maximum absolute atomic E-state index is 11.8. The molecular weight excluding hydrogens is 218 g/mol. The SMILES string of the molecule is COC(=O)C1(C2(O)CCN(C3CC3)CC2)CC1. The number of methoxy groups -OCH3 is 1. The molecular formula is C13H21NO3. The first-order valence-electron chi connectivity index (χ1n) is 6.66. The van der Waals surface area contributed by atoms with Crippen LogP contribution in [0.3, 0.4) is 0 Å². The lowest BCUT2D eigenvalue weighted by molar-refractivity contribution is -0.164. The van der Waals surface area contributed by atoms with Crippen LogP contribution in [0, 0.1) is 5.41 Å². The van der Waals surface area contributed by atoms with E-state index in [1.165, 1.54) is 20.0 Å². The van der Waals surface area contributed by atoms with E-state index in [9.17, 15) is 9.90 Å². The first-order chi connectivity index (χ1) is 8.11. The Morgan fingerprint density at radius 3 is 2.24 bits per heavy atom. The molecule has 0 bridgehead atoms. The van der Waals surface area contributed by atoms with E-state index in [2.05, 4.69) is 4.90 Å². The molecule has 0 aromatic carbocycles. The van der Waals surface area contributed by atoms with Gasteiger partial charge in [0.2, 0.25) is 0 Å². The Labute approximate surface area is 102 Å². The van der Waals surface area contributed by atoms with Crippen molar-refractivity contribution in [2.45, 2.75) is 50.2 Å². The molecule has 1 heterocycles. The number of nitrogens with zero attached hydrogens (tertiary/aromatic N) is 1. The Morgan fingerprint density at radius 2 is 1.82 bits per heavy atom. The van der Waals surface area contributed by atoms with Crippen LogP contribution in [0.1, 0.15) is 38.5 Å². The van der Waals surface area contributed by atoms with E-state index in [1.54, 1.807) is 0 Å². The Balaban J connectivity index is 1.68. The van der Waals surface area contributed by atoms with Crippen molar-refractivity contribution < 1.29 is 14.6 Å². The summed E-state index contributed by atoms with van der Waals surface area (Å²) in [6.45, 7) is 1.86. The molecule has 3 fully saturated rings. The van der Waals surface area contributed by atoms with Crippen LogP contribution in [0.5, 0.6) is 0 Å². The number of likely N-dealkylation sites (tertiary alicyclic amines) is 1. The Kier molecular flexibility index (Phi) is 2.49. The smallest absolute Gasteiger partial charge is 0.314 e. The second-order valence-electron chi connectivity index (χ2n) is 5.87. The third kappa shape index (κ3) is 1.69. The molecule has 4 heteroatoms. The van der Waals surface area contributed by atoms with E-state index in [4.69, 9.17) is 4.74 Å². The second kappa shape index (κ2) is 3.69. The lowest BCUT2D eigenvalue weighted by Crippen LogP contribution is -2.53. The Hall–Kier alpha value is -0.610. The van der Waals surface area contributed by atoms with Gasteiger partial charge in [0.05, 0.1) is 18.1 Å². The highest BCUT2D eigenvalue weighted by Gasteiger charge is 2.65. The largest absolute Gasteiger partial charge is 0.469 e. The zero-order chi connectivity index (χ0) is 12.1. The highest BCUT2D eigenvalue weighted by atomic mass is 16.5. The number of hydrogen-bond acceptors (Lipinski definition) is 4. The van der Waals surface area contributed by atoms with Crippen LogP contribution in [0.2, 0.25) is 0 Å².